The van der Waals surface area contributed by atoms with Crippen molar-refractivity contribution in [2.24, 2.45) is 0 Å². The van der Waals surface area contributed by atoms with Crippen LogP contribution in [0.1, 0.15) is 37.3 Å². The second kappa shape index (κ2) is 8.46. The van der Waals surface area contributed by atoms with Crippen LogP contribution in [0.25, 0.3) is 0 Å². The molecule has 1 aromatic carbocycles. The van der Waals surface area contributed by atoms with Gasteiger partial charge in [0.1, 0.15) is 13.1 Å². The molecule has 0 saturated heterocycles. The zero-order valence-corrected chi connectivity index (χ0v) is 12.5. The lowest BCUT2D eigenvalue weighted by atomic mass is 10.0. The third-order valence-corrected chi connectivity index (χ3v) is 3.09. The van der Waals surface area contributed by atoms with Gasteiger partial charge < -0.3 is 0 Å². The minimum atomic E-state index is 1.20. The van der Waals surface area contributed by atoms with Gasteiger partial charge in [0.2, 0.25) is 0 Å². The number of hydrogen-bond donors (Lipinski definition) is 0. The highest BCUT2D eigenvalue weighted by Crippen LogP contribution is 2.11. The van der Waals surface area contributed by atoms with Gasteiger partial charge in [-0.1, -0.05) is 47.5 Å². The average Bonchev–Trinajstić information content (AvgIpc) is 2.41. The van der Waals surface area contributed by atoms with E-state index in [1.165, 1.54) is 49.9 Å². The Labute approximate surface area is 114 Å². The number of alkyl halides is 1. The van der Waals surface area contributed by atoms with E-state index in [0.717, 1.165) is 0 Å². The Kier molecular flexibility index (Phi) is 7.18. The molecule has 1 aromatic rings. The third kappa shape index (κ3) is 4.63. The van der Waals surface area contributed by atoms with Crippen LogP contribution in [0.3, 0.4) is 0 Å². The van der Waals surface area contributed by atoms with Crippen LogP contribution < -0.4 is 0 Å². The minimum absolute atomic E-state index is 1.20. The van der Waals surface area contributed by atoms with E-state index in [2.05, 4.69) is 57.9 Å². The average molecular weight is 297 g/mol. The van der Waals surface area contributed by atoms with E-state index in [9.17, 15) is 0 Å². The second-order valence-electron chi connectivity index (χ2n) is 4.32. The summed E-state index contributed by atoms with van der Waals surface area (Å²) in [5, 5.41) is 0. The summed E-state index contributed by atoms with van der Waals surface area (Å²) in [5.74, 6) is 1.81. The molecule has 17 heavy (non-hydrogen) atoms. The molecule has 1 aliphatic heterocycles. The molecule has 94 valence electrons. The lowest BCUT2D eigenvalue weighted by molar-refractivity contribution is -0.524. The number of nitrogens with zero attached hydrogens (tertiary/aromatic N) is 1. The molecular formula is C15H23BrN+. The van der Waals surface area contributed by atoms with E-state index < -0.39 is 0 Å². The first kappa shape index (κ1) is 14.4. The molecule has 1 aliphatic rings. The van der Waals surface area contributed by atoms with E-state index >= 15 is 0 Å². The molecule has 0 unspecified atom stereocenters. The van der Waals surface area contributed by atoms with Gasteiger partial charge in [-0.15, -0.1) is 0 Å². The molecular weight excluding hydrogens is 274 g/mol. The standard InChI is InChI=1S/C14H20N.CH3Br/c1-2-3-6-10-15-11-9-13-7-4-5-8-14(13)12-15;1-2/h4-5,7-8,12H,2-3,6,9-11H2,1H3;1H3/q+1;. The molecule has 0 saturated carbocycles. The van der Waals surface area contributed by atoms with E-state index in [-0.39, 0.29) is 0 Å². The van der Waals surface area contributed by atoms with Crippen molar-refractivity contribution in [1.82, 2.24) is 0 Å². The van der Waals surface area contributed by atoms with E-state index in [1.54, 1.807) is 0 Å². The fourth-order valence-electron chi connectivity index (χ4n) is 2.15. The van der Waals surface area contributed by atoms with Gasteiger partial charge in [0.05, 0.1) is 0 Å². The van der Waals surface area contributed by atoms with Crippen LogP contribution in [0.2, 0.25) is 0 Å². The molecule has 0 aromatic heterocycles. The van der Waals surface area contributed by atoms with E-state index in [0.29, 0.717) is 0 Å². The predicted octanol–water partition coefficient (Wildman–Crippen LogP) is 3.88. The Morgan fingerprint density at radius 2 is 1.94 bits per heavy atom. The van der Waals surface area contributed by atoms with Gasteiger partial charge in [-0.05, 0) is 23.9 Å². The SMILES string of the molecule is CBr.CCCCC[N+]1=Cc2ccccc2CC1. The Morgan fingerprint density at radius 3 is 2.71 bits per heavy atom. The van der Waals surface area contributed by atoms with Gasteiger partial charge in [0.25, 0.3) is 0 Å². The monoisotopic (exact) mass is 296 g/mol. The van der Waals surface area contributed by atoms with Crippen molar-refractivity contribution in [3.05, 3.63) is 35.4 Å². The predicted molar refractivity (Wildman–Crippen MR) is 79.7 cm³/mol. The molecule has 2 rings (SSSR count). The van der Waals surface area contributed by atoms with Crippen molar-refractivity contribution in [3.63, 3.8) is 0 Å². The summed E-state index contributed by atoms with van der Waals surface area (Å²) in [5.41, 5.74) is 2.92. The van der Waals surface area contributed by atoms with Crippen LogP contribution in [-0.2, 0) is 6.42 Å². The second-order valence-corrected chi connectivity index (χ2v) is 4.32. The summed E-state index contributed by atoms with van der Waals surface area (Å²) < 4.78 is 2.47. The molecule has 0 radical (unpaired) electrons. The highest BCUT2D eigenvalue weighted by Gasteiger charge is 2.13. The summed E-state index contributed by atoms with van der Waals surface area (Å²) >= 11 is 2.94. The van der Waals surface area contributed by atoms with Crippen LogP contribution in [-0.4, -0.2) is 29.7 Å². The number of halogens is 1. The maximum absolute atomic E-state index is 2.94. The first-order valence-corrected chi connectivity index (χ1v) is 8.03. The minimum Gasteiger partial charge on any atom is -0.235 e. The fraction of sp³-hybridized carbons (Fsp3) is 0.533. The normalized spacial score (nSPS) is 13.2. The topological polar surface area (TPSA) is 3.01 Å². The smallest absolute Gasteiger partial charge is 0.170 e. The van der Waals surface area contributed by atoms with Crippen molar-refractivity contribution in [2.75, 3.05) is 18.9 Å². The Morgan fingerprint density at radius 1 is 1.18 bits per heavy atom. The Hall–Kier alpha value is -0.630. The van der Waals surface area contributed by atoms with Crippen LogP contribution >= 0.6 is 15.9 Å². The van der Waals surface area contributed by atoms with Gasteiger partial charge in [0.15, 0.2) is 6.21 Å². The highest BCUT2D eigenvalue weighted by molar-refractivity contribution is 9.08. The van der Waals surface area contributed by atoms with Gasteiger partial charge in [0, 0.05) is 18.4 Å². The summed E-state index contributed by atoms with van der Waals surface area (Å²) in [4.78, 5) is 0. The maximum Gasteiger partial charge on any atom is 0.170 e. The first-order valence-electron chi connectivity index (χ1n) is 6.45. The number of benzene rings is 1. The summed E-state index contributed by atoms with van der Waals surface area (Å²) in [6, 6.07) is 8.74. The molecule has 0 fully saturated rings. The summed E-state index contributed by atoms with van der Waals surface area (Å²) in [6.45, 7) is 4.68. The quantitative estimate of drug-likeness (QED) is 0.451. The van der Waals surface area contributed by atoms with Gasteiger partial charge in [-0.2, -0.15) is 0 Å². The van der Waals surface area contributed by atoms with Crippen LogP contribution in [0, 0.1) is 0 Å². The first-order chi connectivity index (χ1) is 8.40. The largest absolute Gasteiger partial charge is 0.235 e. The van der Waals surface area contributed by atoms with Gasteiger partial charge >= 0.3 is 0 Å². The Balaban J connectivity index is 0.000000686. The molecule has 1 heterocycles. The zero-order chi connectivity index (χ0) is 12.5. The lowest BCUT2D eigenvalue weighted by Gasteiger charge is -2.11. The molecule has 0 atom stereocenters. The van der Waals surface area contributed by atoms with Crippen LogP contribution in [0.15, 0.2) is 24.3 Å². The number of hydrogen-bond acceptors (Lipinski definition) is 0. The van der Waals surface area contributed by atoms with E-state index in [4.69, 9.17) is 0 Å². The Bertz CT molecular complexity index is 358. The molecule has 0 bridgehead atoms. The number of rotatable bonds is 4. The van der Waals surface area contributed by atoms with Crippen LogP contribution in [0.5, 0.6) is 0 Å². The number of unbranched alkanes of at least 4 members (excludes halogenated alkanes) is 2. The van der Waals surface area contributed by atoms with Gasteiger partial charge in [-0.25, -0.2) is 4.58 Å². The highest BCUT2D eigenvalue weighted by atomic mass is 79.9. The number of fused-ring (bicyclic) bond motifs is 1. The van der Waals surface area contributed by atoms with E-state index in [1.807, 2.05) is 5.83 Å². The zero-order valence-electron chi connectivity index (χ0n) is 11.0. The molecule has 0 aliphatic carbocycles. The molecule has 0 spiro atoms. The van der Waals surface area contributed by atoms with Crippen molar-refractivity contribution in [2.45, 2.75) is 32.6 Å². The summed E-state index contributed by atoms with van der Waals surface area (Å²) in [6.07, 6.45) is 7.53. The van der Waals surface area contributed by atoms with Gasteiger partial charge in [-0.3, -0.25) is 0 Å². The van der Waals surface area contributed by atoms with Crippen molar-refractivity contribution < 1.29 is 4.58 Å². The van der Waals surface area contributed by atoms with Crippen molar-refractivity contribution >= 4 is 22.1 Å². The summed E-state index contributed by atoms with van der Waals surface area (Å²) in [7, 11) is 0. The molecule has 0 amide bonds. The molecule has 2 heteroatoms. The lowest BCUT2D eigenvalue weighted by Crippen LogP contribution is -2.23. The maximum atomic E-state index is 2.94. The van der Waals surface area contributed by atoms with Crippen molar-refractivity contribution in [3.8, 4) is 0 Å². The molecule has 1 nitrogen and oxygen atoms in total. The third-order valence-electron chi connectivity index (χ3n) is 3.09. The molecule has 0 N–H and O–H groups in total. The van der Waals surface area contributed by atoms with Crippen molar-refractivity contribution in [1.29, 1.82) is 0 Å². The van der Waals surface area contributed by atoms with Crippen LogP contribution in [0.4, 0.5) is 0 Å². The fourth-order valence-corrected chi connectivity index (χ4v) is 2.15.